The van der Waals surface area contributed by atoms with Crippen molar-refractivity contribution in [2.75, 3.05) is 13.7 Å². The van der Waals surface area contributed by atoms with E-state index in [0.717, 1.165) is 4.90 Å². The molecule has 3 heterocycles. The monoisotopic (exact) mass is 335 g/mol. The van der Waals surface area contributed by atoms with E-state index >= 15 is 0 Å². The summed E-state index contributed by atoms with van der Waals surface area (Å²) in [5.74, 6) is -2.37. The number of carboxylic acid groups (broad SMARTS) is 1. The van der Waals surface area contributed by atoms with Crippen LogP contribution in [0.4, 0.5) is 0 Å². The van der Waals surface area contributed by atoms with Gasteiger partial charge in [0.25, 0.3) is 11.8 Å². The van der Waals surface area contributed by atoms with Gasteiger partial charge in [-0.1, -0.05) is 5.16 Å². The smallest absolute Gasteiger partial charge is 0.352 e. The third-order valence-electron chi connectivity index (χ3n) is 3.50. The number of nitrogens with zero attached hydrogens (tertiary/aromatic N) is 2. The summed E-state index contributed by atoms with van der Waals surface area (Å²) in [6.45, 7) is 0.0274. The number of furan rings is 1. The molecule has 0 aromatic carbocycles. The Morgan fingerprint density at radius 1 is 1.50 bits per heavy atom. The second-order valence-corrected chi connectivity index (χ2v) is 4.88. The summed E-state index contributed by atoms with van der Waals surface area (Å²) >= 11 is 0. The average molecular weight is 335 g/mol. The lowest BCUT2D eigenvalue weighted by Gasteiger charge is -2.47. The third kappa shape index (κ3) is 2.52. The number of carbonyl (C=O) groups is 3. The van der Waals surface area contributed by atoms with E-state index in [0.29, 0.717) is 0 Å². The molecule has 1 aromatic heterocycles. The number of fused-ring (bicyclic) bond motifs is 1. The second kappa shape index (κ2) is 6.16. The predicted octanol–water partition coefficient (Wildman–Crippen LogP) is -0.718. The van der Waals surface area contributed by atoms with Crippen molar-refractivity contribution < 1.29 is 33.5 Å². The van der Waals surface area contributed by atoms with Gasteiger partial charge in [0.1, 0.15) is 12.8 Å². The molecule has 1 saturated heterocycles. The molecule has 2 N–H and O–H groups in total. The molecule has 0 spiro atoms. The Kier molecular flexibility index (Phi) is 4.04. The van der Waals surface area contributed by atoms with E-state index in [9.17, 15) is 14.4 Å². The van der Waals surface area contributed by atoms with Crippen molar-refractivity contribution in [1.29, 1.82) is 0 Å². The topological polar surface area (TPSA) is 131 Å². The van der Waals surface area contributed by atoms with E-state index in [1.165, 1.54) is 25.5 Å². The van der Waals surface area contributed by atoms with Crippen LogP contribution in [0.3, 0.4) is 0 Å². The zero-order valence-corrected chi connectivity index (χ0v) is 12.5. The number of carbonyl (C=O) groups excluding carboxylic acids is 2. The van der Waals surface area contributed by atoms with E-state index in [-0.39, 0.29) is 23.8 Å². The van der Waals surface area contributed by atoms with Gasteiger partial charge in [0.05, 0.1) is 12.9 Å². The summed E-state index contributed by atoms with van der Waals surface area (Å²) in [7, 11) is 1.26. The highest BCUT2D eigenvalue weighted by molar-refractivity contribution is 6.44. The molecule has 126 valence electrons. The molecule has 1 aromatic rings. The molecule has 10 heteroatoms. The predicted molar refractivity (Wildman–Crippen MR) is 76.5 cm³/mol. The molecule has 0 bridgehead atoms. The molecule has 3 rings (SSSR count). The Morgan fingerprint density at radius 3 is 2.92 bits per heavy atom. The molecule has 2 atom stereocenters. The molecule has 2 aliphatic rings. The van der Waals surface area contributed by atoms with Crippen LogP contribution in [0.1, 0.15) is 5.76 Å². The quantitative estimate of drug-likeness (QED) is 0.412. The molecule has 1 fully saturated rings. The molecule has 0 saturated carbocycles. The van der Waals surface area contributed by atoms with Gasteiger partial charge in [-0.25, -0.2) is 4.79 Å². The summed E-state index contributed by atoms with van der Waals surface area (Å²) in [5, 5.41) is 15.1. The van der Waals surface area contributed by atoms with Crippen molar-refractivity contribution in [3.8, 4) is 0 Å². The number of aliphatic carboxylic acids is 1. The van der Waals surface area contributed by atoms with Crippen molar-refractivity contribution in [2.45, 2.75) is 12.3 Å². The van der Waals surface area contributed by atoms with Gasteiger partial charge < -0.3 is 24.4 Å². The molecular weight excluding hydrogens is 322 g/mol. The van der Waals surface area contributed by atoms with Crippen LogP contribution >= 0.6 is 0 Å². The number of β-lactam (4-membered cyclic amide) rings is 1. The lowest BCUT2D eigenvalue weighted by molar-refractivity contribution is -0.183. The SMILES string of the molecule is CO/N=C(\C(=O)N[C@@H]1C(=O)N2C(C(=O)O)=CCO[C@H]12)c1ccco1. The summed E-state index contributed by atoms with van der Waals surface area (Å²) in [6.07, 6.45) is 1.77. The Hall–Kier alpha value is -3.14. The summed E-state index contributed by atoms with van der Waals surface area (Å²) in [5.41, 5.74) is -0.322. The minimum Gasteiger partial charge on any atom is -0.477 e. The van der Waals surface area contributed by atoms with E-state index in [4.69, 9.17) is 14.3 Å². The van der Waals surface area contributed by atoms with Crippen LogP contribution < -0.4 is 5.32 Å². The number of oxime groups is 1. The largest absolute Gasteiger partial charge is 0.477 e. The second-order valence-electron chi connectivity index (χ2n) is 4.88. The molecule has 2 aliphatic heterocycles. The van der Waals surface area contributed by atoms with Gasteiger partial charge >= 0.3 is 5.97 Å². The normalized spacial score (nSPS) is 23.0. The van der Waals surface area contributed by atoms with Gasteiger partial charge in [-0.3, -0.25) is 14.5 Å². The zero-order chi connectivity index (χ0) is 17.3. The minimum atomic E-state index is -1.24. The highest BCUT2D eigenvalue weighted by Gasteiger charge is 2.53. The van der Waals surface area contributed by atoms with Gasteiger partial charge in [0.2, 0.25) is 5.71 Å². The maximum Gasteiger partial charge on any atom is 0.352 e. The fourth-order valence-electron chi connectivity index (χ4n) is 2.45. The lowest BCUT2D eigenvalue weighted by Crippen LogP contribution is -2.72. The van der Waals surface area contributed by atoms with Gasteiger partial charge in [-0.15, -0.1) is 0 Å². The maximum atomic E-state index is 12.3. The molecule has 0 aliphatic carbocycles. The number of rotatable bonds is 5. The van der Waals surface area contributed by atoms with Crippen LogP contribution in [0.5, 0.6) is 0 Å². The van der Waals surface area contributed by atoms with Crippen LogP contribution in [-0.4, -0.2) is 59.5 Å². The molecular formula is C14H13N3O7. The van der Waals surface area contributed by atoms with E-state index < -0.39 is 30.1 Å². The summed E-state index contributed by atoms with van der Waals surface area (Å²) in [6, 6.07) is 2.06. The highest BCUT2D eigenvalue weighted by atomic mass is 16.6. The minimum absolute atomic E-state index is 0.0274. The number of hydrogen-bond donors (Lipinski definition) is 2. The maximum absolute atomic E-state index is 12.3. The summed E-state index contributed by atoms with van der Waals surface area (Å²) in [4.78, 5) is 41.2. The number of amides is 2. The van der Waals surface area contributed by atoms with Gasteiger partial charge in [-0.05, 0) is 18.2 Å². The fraction of sp³-hybridized carbons (Fsp3) is 0.286. The first kappa shape index (κ1) is 15.7. The zero-order valence-electron chi connectivity index (χ0n) is 12.5. The highest BCUT2D eigenvalue weighted by Crippen LogP contribution is 2.29. The van der Waals surface area contributed by atoms with Crippen molar-refractivity contribution in [3.63, 3.8) is 0 Å². The van der Waals surface area contributed by atoms with Gasteiger partial charge in [-0.2, -0.15) is 0 Å². The molecule has 24 heavy (non-hydrogen) atoms. The fourth-order valence-corrected chi connectivity index (χ4v) is 2.45. The number of ether oxygens (including phenoxy) is 1. The van der Waals surface area contributed by atoms with Crippen LogP contribution in [-0.2, 0) is 24.0 Å². The van der Waals surface area contributed by atoms with Crippen molar-refractivity contribution in [1.82, 2.24) is 10.2 Å². The first-order valence-corrected chi connectivity index (χ1v) is 6.88. The molecule has 0 unspecified atom stereocenters. The Balaban J connectivity index is 1.74. The Bertz CT molecular complexity index is 738. The van der Waals surface area contributed by atoms with Crippen molar-refractivity contribution in [2.24, 2.45) is 5.16 Å². The Labute approximate surface area is 135 Å². The first-order chi connectivity index (χ1) is 11.5. The Morgan fingerprint density at radius 2 is 2.29 bits per heavy atom. The summed E-state index contributed by atoms with van der Waals surface area (Å²) < 4.78 is 10.4. The van der Waals surface area contributed by atoms with Crippen LogP contribution in [0.25, 0.3) is 0 Å². The molecule has 0 radical (unpaired) electrons. The van der Waals surface area contributed by atoms with E-state index in [1.807, 2.05) is 0 Å². The molecule has 2 amide bonds. The number of nitrogens with one attached hydrogen (secondary N) is 1. The standard InChI is InChI=1S/C14H13N3O7/c1-22-16-9(8-3-2-5-23-8)11(18)15-10-12(19)17-7(14(20)21)4-6-24-13(10)17/h2-5,10,13H,6H2,1H3,(H,15,18)(H,20,21)/b16-9-/t10-,13-/m1/s1. The van der Waals surface area contributed by atoms with Gasteiger partial charge in [0.15, 0.2) is 18.0 Å². The van der Waals surface area contributed by atoms with E-state index in [2.05, 4.69) is 15.3 Å². The van der Waals surface area contributed by atoms with Crippen LogP contribution in [0.2, 0.25) is 0 Å². The lowest BCUT2D eigenvalue weighted by atomic mass is 10.0. The first-order valence-electron chi connectivity index (χ1n) is 6.88. The number of carboxylic acids is 1. The average Bonchev–Trinajstić information content (AvgIpc) is 3.10. The van der Waals surface area contributed by atoms with Crippen LogP contribution in [0.15, 0.2) is 39.7 Å². The van der Waals surface area contributed by atoms with Crippen LogP contribution in [0, 0.1) is 0 Å². The molecule has 10 nitrogen and oxygen atoms in total. The van der Waals surface area contributed by atoms with Crippen molar-refractivity contribution in [3.05, 3.63) is 35.9 Å². The number of hydrogen-bond acceptors (Lipinski definition) is 7. The van der Waals surface area contributed by atoms with Gasteiger partial charge in [0, 0.05) is 0 Å². The third-order valence-corrected chi connectivity index (χ3v) is 3.50. The van der Waals surface area contributed by atoms with E-state index in [1.54, 1.807) is 6.07 Å². The van der Waals surface area contributed by atoms with Crippen molar-refractivity contribution >= 4 is 23.5 Å².